The van der Waals surface area contributed by atoms with Gasteiger partial charge in [0.2, 0.25) is 0 Å². The maximum absolute atomic E-state index is 12.8. The monoisotopic (exact) mass is 429 g/mol. The van der Waals surface area contributed by atoms with Gasteiger partial charge in [0.05, 0.1) is 33.9 Å². The maximum atomic E-state index is 12.8. The smallest absolute Gasteiger partial charge is 0.310 e. The van der Waals surface area contributed by atoms with Crippen LogP contribution in [0, 0.1) is 5.92 Å². The number of esters is 1. The number of Topliss-reactive ketones (excluding diaryl/α,β-unsaturated/α-hetero) is 1. The number of methoxy groups -OCH3 is 3. The van der Waals surface area contributed by atoms with Crippen LogP contribution in [-0.2, 0) is 9.53 Å². The number of piperidine rings is 1. The highest BCUT2D eigenvalue weighted by atomic mass is 35.5. The van der Waals surface area contributed by atoms with Crippen molar-refractivity contribution >= 4 is 24.2 Å². The summed E-state index contributed by atoms with van der Waals surface area (Å²) in [5.74, 6) is 1.25. The summed E-state index contributed by atoms with van der Waals surface area (Å²) in [4.78, 5) is 27.0. The number of benzene rings is 1. The van der Waals surface area contributed by atoms with E-state index < -0.39 is 0 Å². The van der Waals surface area contributed by atoms with E-state index >= 15 is 0 Å². The first-order valence-electron chi connectivity index (χ1n) is 9.76. The van der Waals surface area contributed by atoms with Crippen molar-refractivity contribution in [2.45, 2.75) is 32.6 Å². The summed E-state index contributed by atoms with van der Waals surface area (Å²) in [5.41, 5.74) is 0.439. The van der Waals surface area contributed by atoms with E-state index in [0.717, 1.165) is 25.9 Å². The maximum Gasteiger partial charge on any atom is 0.310 e. The average Bonchev–Trinajstić information content (AvgIpc) is 2.72. The molecule has 1 aromatic rings. The van der Waals surface area contributed by atoms with Gasteiger partial charge in [0.1, 0.15) is 22.8 Å². The highest BCUT2D eigenvalue weighted by Crippen LogP contribution is 2.35. The van der Waals surface area contributed by atoms with E-state index in [1.54, 1.807) is 19.2 Å². The molecule has 1 aliphatic heterocycles. The van der Waals surface area contributed by atoms with Gasteiger partial charge < -0.3 is 23.8 Å². The van der Waals surface area contributed by atoms with Crippen molar-refractivity contribution in [3.05, 3.63) is 17.7 Å². The Hall–Kier alpha value is -1.99. The summed E-state index contributed by atoms with van der Waals surface area (Å²) in [5, 5.41) is 0. The number of ketones is 1. The van der Waals surface area contributed by atoms with Gasteiger partial charge in [-0.25, -0.2) is 0 Å². The fourth-order valence-corrected chi connectivity index (χ4v) is 3.58. The molecule has 0 N–H and O–H groups in total. The number of carbonyl (C=O) groups is 2. The highest BCUT2D eigenvalue weighted by molar-refractivity contribution is 6.01. The van der Waals surface area contributed by atoms with Crippen molar-refractivity contribution < 1.29 is 28.5 Å². The number of ether oxygens (including phenoxy) is 4. The van der Waals surface area contributed by atoms with E-state index in [4.69, 9.17) is 18.9 Å². The van der Waals surface area contributed by atoms with Crippen molar-refractivity contribution in [2.75, 3.05) is 47.6 Å². The van der Waals surface area contributed by atoms with Crippen LogP contribution in [0.1, 0.15) is 43.0 Å². The van der Waals surface area contributed by atoms with Crippen LogP contribution in [0.3, 0.4) is 0 Å². The summed E-state index contributed by atoms with van der Waals surface area (Å²) in [6.45, 7) is 4.64. The molecule has 164 valence electrons. The van der Waals surface area contributed by atoms with Gasteiger partial charge in [-0.3, -0.25) is 9.59 Å². The number of hydrogen-bond acceptors (Lipinski definition) is 7. The predicted molar refractivity (Wildman–Crippen MR) is 113 cm³/mol. The second-order valence-corrected chi connectivity index (χ2v) is 6.83. The van der Waals surface area contributed by atoms with Crippen LogP contribution in [0.2, 0.25) is 0 Å². The topological polar surface area (TPSA) is 74.3 Å². The van der Waals surface area contributed by atoms with Crippen LogP contribution in [-0.4, -0.2) is 64.2 Å². The van der Waals surface area contributed by atoms with Crippen LogP contribution in [0.4, 0.5) is 0 Å². The normalized spacial score (nSPS) is 16.5. The second-order valence-electron chi connectivity index (χ2n) is 6.83. The molecule has 1 aliphatic rings. The minimum Gasteiger partial charge on any atom is -0.496 e. The van der Waals surface area contributed by atoms with E-state index in [1.807, 2.05) is 6.92 Å². The van der Waals surface area contributed by atoms with Gasteiger partial charge in [0.15, 0.2) is 5.78 Å². The first kappa shape index (κ1) is 25.0. The van der Waals surface area contributed by atoms with E-state index in [-0.39, 0.29) is 30.1 Å². The zero-order valence-electron chi connectivity index (χ0n) is 17.7. The molecule has 0 radical (unpaired) electrons. The first-order chi connectivity index (χ1) is 13.5. The molecule has 8 heteroatoms. The fraction of sp³-hybridized carbons (Fsp3) is 0.619. The molecule has 0 aliphatic carbocycles. The molecule has 1 fully saturated rings. The molecule has 0 spiro atoms. The van der Waals surface area contributed by atoms with Crippen LogP contribution < -0.4 is 14.2 Å². The van der Waals surface area contributed by atoms with Crippen molar-refractivity contribution in [3.63, 3.8) is 0 Å². The zero-order valence-corrected chi connectivity index (χ0v) is 18.5. The highest BCUT2D eigenvalue weighted by Gasteiger charge is 2.27. The van der Waals surface area contributed by atoms with Crippen molar-refractivity contribution in [1.82, 2.24) is 4.90 Å². The van der Waals surface area contributed by atoms with Crippen LogP contribution in [0.15, 0.2) is 12.1 Å². The Bertz CT molecular complexity index is 656. The molecule has 1 unspecified atom stereocenters. The van der Waals surface area contributed by atoms with Gasteiger partial charge in [-0.15, -0.1) is 12.4 Å². The molecule has 0 amide bonds. The Kier molecular flexibility index (Phi) is 10.8. The lowest BCUT2D eigenvalue weighted by Gasteiger charge is -2.31. The summed E-state index contributed by atoms with van der Waals surface area (Å²) in [6, 6.07) is 3.37. The average molecular weight is 430 g/mol. The summed E-state index contributed by atoms with van der Waals surface area (Å²) >= 11 is 0. The van der Waals surface area contributed by atoms with Crippen LogP contribution in [0.5, 0.6) is 17.2 Å². The molecule has 7 nitrogen and oxygen atoms in total. The van der Waals surface area contributed by atoms with Crippen molar-refractivity contribution in [2.24, 2.45) is 5.92 Å². The molecule has 29 heavy (non-hydrogen) atoms. The standard InChI is InChI=1S/C21H31NO6.ClH/c1-5-28-21(24)15-8-6-10-22(14-15)11-7-9-17(23)20-18(26-3)12-16(25-2)13-19(20)27-4;/h12-13,15H,5-11,14H2,1-4H3;1H. The Balaban J connectivity index is 0.00000420. The number of likely N-dealkylation sites (tertiary alicyclic amines) is 1. The number of rotatable bonds is 10. The SMILES string of the molecule is CCOC(=O)C1CCCN(CCCC(=O)c2c(OC)cc(OC)cc2OC)C1.Cl. The van der Waals surface area contributed by atoms with Gasteiger partial charge in [0.25, 0.3) is 0 Å². The van der Waals surface area contributed by atoms with E-state index in [0.29, 0.717) is 48.8 Å². The second kappa shape index (κ2) is 12.5. The third kappa shape index (κ3) is 6.78. The Labute approximate surface area is 179 Å². The van der Waals surface area contributed by atoms with Crippen molar-refractivity contribution in [1.29, 1.82) is 0 Å². The minimum absolute atomic E-state index is 0. The fourth-order valence-electron chi connectivity index (χ4n) is 3.58. The van der Waals surface area contributed by atoms with Crippen LogP contribution >= 0.6 is 12.4 Å². The molecule has 0 bridgehead atoms. The molecule has 0 saturated carbocycles. The minimum atomic E-state index is -0.115. The predicted octanol–water partition coefficient (Wildman–Crippen LogP) is 3.37. The van der Waals surface area contributed by atoms with Gasteiger partial charge in [0, 0.05) is 25.1 Å². The first-order valence-corrected chi connectivity index (χ1v) is 9.76. The van der Waals surface area contributed by atoms with Crippen LogP contribution in [0.25, 0.3) is 0 Å². The van der Waals surface area contributed by atoms with Gasteiger partial charge in [-0.05, 0) is 39.3 Å². The molecule has 1 atom stereocenters. The lowest BCUT2D eigenvalue weighted by Crippen LogP contribution is -2.39. The molecule has 2 rings (SSSR count). The van der Waals surface area contributed by atoms with Gasteiger partial charge in [-0.2, -0.15) is 0 Å². The van der Waals surface area contributed by atoms with Crippen molar-refractivity contribution in [3.8, 4) is 17.2 Å². The third-order valence-electron chi connectivity index (χ3n) is 5.00. The molecular formula is C21H32ClNO6. The third-order valence-corrected chi connectivity index (χ3v) is 5.00. The Morgan fingerprint density at radius 2 is 1.76 bits per heavy atom. The van der Waals surface area contributed by atoms with E-state index in [2.05, 4.69) is 4.90 Å². The lowest BCUT2D eigenvalue weighted by atomic mass is 9.97. The summed E-state index contributed by atoms with van der Waals surface area (Å²) in [7, 11) is 4.60. The van der Waals surface area contributed by atoms with Gasteiger partial charge >= 0.3 is 5.97 Å². The molecule has 0 aromatic heterocycles. The quantitative estimate of drug-likeness (QED) is 0.417. The zero-order chi connectivity index (χ0) is 20.5. The lowest BCUT2D eigenvalue weighted by molar-refractivity contribution is -0.149. The summed E-state index contributed by atoms with van der Waals surface area (Å²) < 4.78 is 21.1. The molecular weight excluding hydrogens is 398 g/mol. The molecule has 1 heterocycles. The Morgan fingerprint density at radius 1 is 1.10 bits per heavy atom. The Morgan fingerprint density at radius 3 is 2.31 bits per heavy atom. The van der Waals surface area contributed by atoms with Gasteiger partial charge in [-0.1, -0.05) is 0 Å². The van der Waals surface area contributed by atoms with E-state index in [1.165, 1.54) is 14.2 Å². The number of hydrogen-bond donors (Lipinski definition) is 0. The number of nitrogens with zero attached hydrogens (tertiary/aromatic N) is 1. The largest absolute Gasteiger partial charge is 0.496 e. The number of halogens is 1. The number of carbonyl (C=O) groups excluding carboxylic acids is 2. The molecule has 1 aromatic carbocycles. The van der Waals surface area contributed by atoms with E-state index in [9.17, 15) is 9.59 Å². The molecule has 1 saturated heterocycles. The summed E-state index contributed by atoms with van der Waals surface area (Å²) in [6.07, 6.45) is 2.92.